The van der Waals surface area contributed by atoms with Gasteiger partial charge in [0.15, 0.2) is 0 Å². The lowest BCUT2D eigenvalue weighted by molar-refractivity contribution is -0.111. The first-order valence-corrected chi connectivity index (χ1v) is 7.19. The lowest BCUT2D eigenvalue weighted by atomic mass is 9.63. The summed E-state index contributed by atoms with van der Waals surface area (Å²) in [5.41, 5.74) is 5.38. The van der Waals surface area contributed by atoms with Gasteiger partial charge >= 0.3 is 0 Å². The number of rotatable bonds is 4. The first kappa shape index (κ1) is 14.5. The van der Waals surface area contributed by atoms with Gasteiger partial charge in [-0.1, -0.05) is 31.5 Å². The second-order valence-corrected chi connectivity index (χ2v) is 6.46. The Morgan fingerprint density at radius 2 is 1.68 bits per heavy atom. The van der Waals surface area contributed by atoms with Crippen LogP contribution in [0.25, 0.3) is 0 Å². The predicted octanol–water partition coefficient (Wildman–Crippen LogP) is 3.14. The molecule has 0 aromatic heterocycles. The fourth-order valence-electron chi connectivity index (χ4n) is 3.85. The van der Waals surface area contributed by atoms with Crippen molar-refractivity contribution >= 4 is 0 Å². The summed E-state index contributed by atoms with van der Waals surface area (Å²) in [7, 11) is 0. The molecular formula is C17H26O2. The Balaban J connectivity index is 2.53. The molecule has 1 unspecified atom stereocenters. The molecule has 106 valence electrons. The molecule has 2 rings (SSSR count). The highest BCUT2D eigenvalue weighted by Crippen LogP contribution is 2.45. The summed E-state index contributed by atoms with van der Waals surface area (Å²) in [6.07, 6.45) is 0. The summed E-state index contributed by atoms with van der Waals surface area (Å²) in [5.74, 6) is 0.718. The highest BCUT2D eigenvalue weighted by Gasteiger charge is 2.49. The third-order valence-corrected chi connectivity index (χ3v) is 4.61. The minimum Gasteiger partial charge on any atom is -0.396 e. The molecule has 1 aromatic rings. The maximum absolute atomic E-state index is 9.84. The van der Waals surface area contributed by atoms with Gasteiger partial charge in [-0.25, -0.2) is 0 Å². The number of hydrogen-bond acceptors (Lipinski definition) is 2. The molecular weight excluding hydrogens is 236 g/mol. The normalized spacial score (nSPS) is 19.3. The molecule has 0 spiro atoms. The van der Waals surface area contributed by atoms with E-state index in [1.807, 2.05) is 0 Å². The molecule has 19 heavy (non-hydrogen) atoms. The van der Waals surface area contributed by atoms with Crippen LogP contribution in [-0.4, -0.2) is 24.9 Å². The van der Waals surface area contributed by atoms with E-state index in [-0.39, 0.29) is 17.9 Å². The molecule has 1 heterocycles. The molecule has 1 aliphatic rings. The van der Waals surface area contributed by atoms with Gasteiger partial charge in [0.25, 0.3) is 0 Å². The third-order valence-electron chi connectivity index (χ3n) is 4.61. The summed E-state index contributed by atoms with van der Waals surface area (Å²) in [6, 6.07) is 4.49. The highest BCUT2D eigenvalue weighted by molar-refractivity contribution is 5.45. The second-order valence-electron chi connectivity index (χ2n) is 6.46. The van der Waals surface area contributed by atoms with E-state index in [4.69, 9.17) is 4.74 Å². The third kappa shape index (κ3) is 2.32. The van der Waals surface area contributed by atoms with Crippen LogP contribution in [0.15, 0.2) is 12.1 Å². The van der Waals surface area contributed by atoms with Crippen LogP contribution in [0.5, 0.6) is 0 Å². The SMILES string of the molecule is Cc1cc(C)c(C2(C(CO)C(C)C)COC2)c(C)c1. The quantitative estimate of drug-likeness (QED) is 0.903. The van der Waals surface area contributed by atoms with Crippen molar-refractivity contribution in [2.45, 2.75) is 40.0 Å². The van der Waals surface area contributed by atoms with Crippen LogP contribution < -0.4 is 0 Å². The topological polar surface area (TPSA) is 29.5 Å². The van der Waals surface area contributed by atoms with Crippen molar-refractivity contribution in [3.05, 3.63) is 34.4 Å². The molecule has 1 aliphatic heterocycles. The van der Waals surface area contributed by atoms with Crippen LogP contribution in [0.4, 0.5) is 0 Å². The number of ether oxygens (including phenoxy) is 1. The Morgan fingerprint density at radius 3 is 2.00 bits per heavy atom. The van der Waals surface area contributed by atoms with Crippen molar-refractivity contribution in [1.29, 1.82) is 0 Å². The van der Waals surface area contributed by atoms with E-state index < -0.39 is 0 Å². The van der Waals surface area contributed by atoms with E-state index in [0.717, 1.165) is 13.2 Å². The molecule has 1 fully saturated rings. The molecule has 1 N–H and O–H groups in total. The average molecular weight is 262 g/mol. The van der Waals surface area contributed by atoms with Gasteiger partial charge in [-0.3, -0.25) is 0 Å². The Hall–Kier alpha value is -0.860. The standard InChI is InChI=1S/C17H26O2/c1-11(2)15(8-18)17(9-19-10-17)16-13(4)6-12(3)7-14(16)5/h6-7,11,15,18H,8-10H2,1-5H3. The number of aliphatic hydroxyl groups is 1. The lowest BCUT2D eigenvalue weighted by Crippen LogP contribution is -2.55. The second kappa shape index (κ2) is 5.26. The maximum atomic E-state index is 9.84. The van der Waals surface area contributed by atoms with Crippen molar-refractivity contribution in [2.24, 2.45) is 11.8 Å². The van der Waals surface area contributed by atoms with Crippen molar-refractivity contribution in [1.82, 2.24) is 0 Å². The molecule has 2 nitrogen and oxygen atoms in total. The van der Waals surface area contributed by atoms with Gasteiger partial charge in [0.2, 0.25) is 0 Å². The predicted molar refractivity (Wildman–Crippen MR) is 78.6 cm³/mol. The number of hydrogen-bond donors (Lipinski definition) is 1. The molecule has 1 aromatic carbocycles. The Bertz CT molecular complexity index is 435. The molecule has 1 atom stereocenters. The monoisotopic (exact) mass is 262 g/mol. The van der Waals surface area contributed by atoms with Gasteiger partial charge in [0.05, 0.1) is 13.2 Å². The summed E-state index contributed by atoms with van der Waals surface area (Å²) >= 11 is 0. The highest BCUT2D eigenvalue weighted by atomic mass is 16.5. The van der Waals surface area contributed by atoms with E-state index in [9.17, 15) is 5.11 Å². The zero-order valence-corrected chi connectivity index (χ0v) is 12.8. The Labute approximate surface area is 116 Å². The first-order valence-electron chi connectivity index (χ1n) is 7.19. The summed E-state index contributed by atoms with van der Waals surface area (Å²) in [4.78, 5) is 0. The molecule has 0 saturated carbocycles. The number of benzene rings is 1. The Kier molecular flexibility index (Phi) is 4.03. The van der Waals surface area contributed by atoms with E-state index in [1.165, 1.54) is 22.3 Å². The smallest absolute Gasteiger partial charge is 0.0589 e. The van der Waals surface area contributed by atoms with Gasteiger partial charge in [-0.05, 0) is 49.3 Å². The first-order chi connectivity index (χ1) is 8.92. The van der Waals surface area contributed by atoms with E-state index in [2.05, 4.69) is 46.8 Å². The minimum absolute atomic E-state index is 0.00475. The largest absolute Gasteiger partial charge is 0.396 e. The van der Waals surface area contributed by atoms with Crippen molar-refractivity contribution in [3.8, 4) is 0 Å². The zero-order valence-electron chi connectivity index (χ0n) is 12.8. The fourth-order valence-corrected chi connectivity index (χ4v) is 3.85. The van der Waals surface area contributed by atoms with Crippen molar-refractivity contribution in [3.63, 3.8) is 0 Å². The van der Waals surface area contributed by atoms with E-state index >= 15 is 0 Å². The molecule has 0 bridgehead atoms. The molecule has 0 amide bonds. The van der Waals surface area contributed by atoms with Crippen molar-refractivity contribution < 1.29 is 9.84 Å². The van der Waals surface area contributed by atoms with Gasteiger partial charge in [0, 0.05) is 12.0 Å². The lowest BCUT2D eigenvalue weighted by Gasteiger charge is -2.50. The van der Waals surface area contributed by atoms with Crippen molar-refractivity contribution in [2.75, 3.05) is 19.8 Å². The molecule has 2 heteroatoms. The van der Waals surface area contributed by atoms with Gasteiger partial charge in [-0.15, -0.1) is 0 Å². The van der Waals surface area contributed by atoms with Gasteiger partial charge in [-0.2, -0.15) is 0 Å². The van der Waals surface area contributed by atoms with Gasteiger partial charge < -0.3 is 9.84 Å². The molecule has 0 aliphatic carbocycles. The maximum Gasteiger partial charge on any atom is 0.0589 e. The van der Waals surface area contributed by atoms with Crippen LogP contribution >= 0.6 is 0 Å². The summed E-state index contributed by atoms with van der Waals surface area (Å²) in [6.45, 7) is 12.6. The van der Waals surface area contributed by atoms with Gasteiger partial charge in [0.1, 0.15) is 0 Å². The summed E-state index contributed by atoms with van der Waals surface area (Å²) in [5, 5.41) is 9.84. The molecule has 1 saturated heterocycles. The van der Waals surface area contributed by atoms with E-state index in [1.54, 1.807) is 0 Å². The fraction of sp³-hybridized carbons (Fsp3) is 0.647. The van der Waals surface area contributed by atoms with Crippen LogP contribution in [0.1, 0.15) is 36.1 Å². The summed E-state index contributed by atoms with van der Waals surface area (Å²) < 4.78 is 5.55. The van der Waals surface area contributed by atoms with E-state index in [0.29, 0.717) is 5.92 Å². The van der Waals surface area contributed by atoms with Crippen LogP contribution in [0, 0.1) is 32.6 Å². The molecule has 0 radical (unpaired) electrons. The Morgan fingerprint density at radius 1 is 1.16 bits per heavy atom. The van der Waals surface area contributed by atoms with Crippen LogP contribution in [0.2, 0.25) is 0 Å². The minimum atomic E-state index is 0.00475. The number of aliphatic hydroxyl groups excluding tert-OH is 1. The average Bonchev–Trinajstić information content (AvgIpc) is 2.23. The van der Waals surface area contributed by atoms with Crippen LogP contribution in [0.3, 0.4) is 0 Å². The number of aryl methyl sites for hydroxylation is 3. The van der Waals surface area contributed by atoms with Crippen LogP contribution in [-0.2, 0) is 10.2 Å². The zero-order chi connectivity index (χ0) is 14.2.